The van der Waals surface area contributed by atoms with Crippen LogP contribution < -0.4 is 16.6 Å². The number of hydrogen-bond acceptors (Lipinski definition) is 5. The van der Waals surface area contributed by atoms with Crippen LogP contribution in [-0.2, 0) is 0 Å². The summed E-state index contributed by atoms with van der Waals surface area (Å²) in [6, 6.07) is 5.25. The van der Waals surface area contributed by atoms with Crippen molar-refractivity contribution in [1.82, 2.24) is 9.97 Å². The topological polar surface area (TPSA) is 92.9 Å². The minimum Gasteiger partial charge on any atom is -0.320 e. The largest absolute Gasteiger partial charge is 0.320 e. The van der Waals surface area contributed by atoms with Gasteiger partial charge in [-0.2, -0.15) is 0 Å². The molecule has 0 fully saturated rings. The number of aryl methyl sites for hydroxylation is 1. The van der Waals surface area contributed by atoms with E-state index in [1.165, 1.54) is 12.4 Å². The molecule has 6 nitrogen and oxygen atoms in total. The van der Waals surface area contributed by atoms with Crippen LogP contribution in [0, 0.1) is 6.92 Å². The highest BCUT2D eigenvalue weighted by molar-refractivity contribution is 6.31. The Bertz CT molecular complexity index is 617. The lowest BCUT2D eigenvalue weighted by molar-refractivity contribution is 0.102. The number of amides is 1. The quantitative estimate of drug-likeness (QED) is 0.589. The predicted molar refractivity (Wildman–Crippen MR) is 74.0 cm³/mol. The van der Waals surface area contributed by atoms with Crippen LogP contribution in [0.3, 0.4) is 0 Å². The minimum atomic E-state index is -0.380. The predicted octanol–water partition coefficient (Wildman–Crippen LogP) is 1.98. The molecule has 2 rings (SSSR count). The van der Waals surface area contributed by atoms with Gasteiger partial charge in [0.15, 0.2) is 5.82 Å². The molecule has 0 aliphatic heterocycles. The molecule has 19 heavy (non-hydrogen) atoms. The van der Waals surface area contributed by atoms with E-state index in [0.717, 1.165) is 5.56 Å². The molecule has 0 saturated carbocycles. The van der Waals surface area contributed by atoms with Gasteiger partial charge in [-0.1, -0.05) is 17.7 Å². The van der Waals surface area contributed by atoms with Crippen molar-refractivity contribution in [3.63, 3.8) is 0 Å². The lowest BCUT2D eigenvalue weighted by Gasteiger charge is -2.08. The first kappa shape index (κ1) is 13.3. The van der Waals surface area contributed by atoms with E-state index >= 15 is 0 Å². The average molecular weight is 278 g/mol. The van der Waals surface area contributed by atoms with E-state index in [0.29, 0.717) is 16.5 Å². The number of aromatic nitrogens is 2. The Labute approximate surface area is 115 Å². The van der Waals surface area contributed by atoms with Crippen molar-refractivity contribution in [2.45, 2.75) is 6.92 Å². The molecule has 4 N–H and O–H groups in total. The van der Waals surface area contributed by atoms with Crippen LogP contribution in [0.5, 0.6) is 0 Å². The van der Waals surface area contributed by atoms with Gasteiger partial charge < -0.3 is 10.7 Å². The third kappa shape index (κ3) is 3.18. The van der Waals surface area contributed by atoms with E-state index in [4.69, 9.17) is 17.4 Å². The maximum absolute atomic E-state index is 12.0. The van der Waals surface area contributed by atoms with Crippen LogP contribution in [0.1, 0.15) is 16.1 Å². The summed E-state index contributed by atoms with van der Waals surface area (Å²) in [4.78, 5) is 19.9. The van der Waals surface area contributed by atoms with Gasteiger partial charge in [-0.25, -0.2) is 10.8 Å². The summed E-state index contributed by atoms with van der Waals surface area (Å²) >= 11 is 5.89. The average Bonchev–Trinajstić information content (AvgIpc) is 2.43. The Morgan fingerprint density at radius 3 is 2.89 bits per heavy atom. The second-order valence-electron chi connectivity index (χ2n) is 3.85. The van der Waals surface area contributed by atoms with Crippen LogP contribution in [-0.4, -0.2) is 15.9 Å². The fraction of sp³-hybridized carbons (Fsp3) is 0.0833. The summed E-state index contributed by atoms with van der Waals surface area (Å²) in [5.41, 5.74) is 4.03. The van der Waals surface area contributed by atoms with Crippen molar-refractivity contribution in [2.24, 2.45) is 5.84 Å². The number of nitrogens with one attached hydrogen (secondary N) is 2. The van der Waals surface area contributed by atoms with E-state index in [9.17, 15) is 4.79 Å². The molecule has 0 spiro atoms. The number of benzene rings is 1. The number of carbonyl (C=O) groups is 1. The molecule has 0 saturated heterocycles. The van der Waals surface area contributed by atoms with E-state index in [-0.39, 0.29) is 11.6 Å². The van der Waals surface area contributed by atoms with Crippen LogP contribution in [0.2, 0.25) is 5.02 Å². The maximum Gasteiger partial charge on any atom is 0.275 e. The van der Waals surface area contributed by atoms with Gasteiger partial charge >= 0.3 is 0 Å². The Morgan fingerprint density at radius 2 is 2.16 bits per heavy atom. The number of nitrogens with zero attached hydrogens (tertiary/aromatic N) is 2. The van der Waals surface area contributed by atoms with Gasteiger partial charge in [0.25, 0.3) is 5.91 Å². The molecule has 0 bridgehead atoms. The van der Waals surface area contributed by atoms with Gasteiger partial charge in [0, 0.05) is 10.7 Å². The molecule has 2 aromatic rings. The molecule has 98 valence electrons. The molecule has 1 amide bonds. The molecule has 7 heteroatoms. The summed E-state index contributed by atoms with van der Waals surface area (Å²) in [5.74, 6) is 5.15. The zero-order valence-corrected chi connectivity index (χ0v) is 10.9. The minimum absolute atomic E-state index is 0.162. The number of carbonyl (C=O) groups excluding carboxylic acids is 1. The third-order valence-corrected chi connectivity index (χ3v) is 2.70. The molecule has 0 aliphatic rings. The lowest BCUT2D eigenvalue weighted by Crippen LogP contribution is -2.17. The first-order chi connectivity index (χ1) is 9.10. The number of hydrazine groups is 1. The molecular formula is C12H12ClN5O. The van der Waals surface area contributed by atoms with Gasteiger partial charge in [-0.05, 0) is 24.6 Å². The highest BCUT2D eigenvalue weighted by Gasteiger charge is 2.10. The summed E-state index contributed by atoms with van der Waals surface area (Å²) in [6.45, 7) is 1.87. The van der Waals surface area contributed by atoms with E-state index in [1.54, 1.807) is 12.1 Å². The number of nitrogens with two attached hydrogens (primary N) is 1. The van der Waals surface area contributed by atoms with Gasteiger partial charge in [-0.15, -0.1) is 0 Å². The standard InChI is InChI=1S/C12H12ClN5O/c1-7-2-3-8(13)4-9(7)17-12(19)10-5-15-6-11(16-10)18-14/h2-6H,14H2,1H3,(H,16,18)(H,17,19). The second kappa shape index (κ2) is 5.64. The van der Waals surface area contributed by atoms with Crippen molar-refractivity contribution >= 4 is 29.0 Å². The number of hydrogen-bond donors (Lipinski definition) is 3. The molecule has 0 aliphatic carbocycles. The van der Waals surface area contributed by atoms with E-state index in [2.05, 4.69) is 20.7 Å². The summed E-state index contributed by atoms with van der Waals surface area (Å²) in [6.07, 6.45) is 2.78. The fourth-order valence-electron chi connectivity index (χ4n) is 1.46. The van der Waals surface area contributed by atoms with E-state index < -0.39 is 0 Å². The normalized spacial score (nSPS) is 10.1. The molecule has 0 radical (unpaired) electrons. The third-order valence-electron chi connectivity index (χ3n) is 2.46. The Kier molecular flexibility index (Phi) is 3.94. The SMILES string of the molecule is Cc1ccc(Cl)cc1NC(=O)c1cncc(NN)n1. The number of rotatable bonds is 3. The highest BCUT2D eigenvalue weighted by Crippen LogP contribution is 2.20. The van der Waals surface area contributed by atoms with Gasteiger partial charge in [0.1, 0.15) is 5.69 Å². The smallest absolute Gasteiger partial charge is 0.275 e. The zero-order valence-electron chi connectivity index (χ0n) is 10.1. The second-order valence-corrected chi connectivity index (χ2v) is 4.28. The Morgan fingerprint density at radius 1 is 1.37 bits per heavy atom. The number of anilines is 2. The van der Waals surface area contributed by atoms with Crippen molar-refractivity contribution in [2.75, 3.05) is 10.7 Å². The van der Waals surface area contributed by atoms with Crippen molar-refractivity contribution in [1.29, 1.82) is 0 Å². The van der Waals surface area contributed by atoms with Crippen molar-refractivity contribution < 1.29 is 4.79 Å². The van der Waals surface area contributed by atoms with Crippen LogP contribution >= 0.6 is 11.6 Å². The van der Waals surface area contributed by atoms with Crippen LogP contribution in [0.4, 0.5) is 11.5 Å². The van der Waals surface area contributed by atoms with Crippen LogP contribution in [0.15, 0.2) is 30.6 Å². The van der Waals surface area contributed by atoms with Gasteiger partial charge in [0.2, 0.25) is 0 Å². The first-order valence-corrected chi connectivity index (χ1v) is 5.84. The molecular weight excluding hydrogens is 266 g/mol. The first-order valence-electron chi connectivity index (χ1n) is 5.46. The summed E-state index contributed by atoms with van der Waals surface area (Å²) in [5, 5.41) is 3.27. The number of halogens is 1. The Hall–Kier alpha value is -2.18. The van der Waals surface area contributed by atoms with E-state index in [1.807, 2.05) is 13.0 Å². The summed E-state index contributed by atoms with van der Waals surface area (Å²) in [7, 11) is 0. The highest BCUT2D eigenvalue weighted by atomic mass is 35.5. The molecule has 0 atom stereocenters. The van der Waals surface area contributed by atoms with Crippen molar-refractivity contribution in [3.05, 3.63) is 46.9 Å². The monoisotopic (exact) mass is 277 g/mol. The molecule has 1 aromatic heterocycles. The Balaban J connectivity index is 2.22. The van der Waals surface area contributed by atoms with Crippen molar-refractivity contribution in [3.8, 4) is 0 Å². The van der Waals surface area contributed by atoms with Crippen LogP contribution in [0.25, 0.3) is 0 Å². The van der Waals surface area contributed by atoms with Gasteiger partial charge in [0.05, 0.1) is 12.4 Å². The lowest BCUT2D eigenvalue weighted by atomic mass is 10.2. The number of nitrogen functional groups attached to an aromatic ring is 1. The van der Waals surface area contributed by atoms with Gasteiger partial charge in [-0.3, -0.25) is 9.78 Å². The fourth-order valence-corrected chi connectivity index (χ4v) is 1.63. The molecule has 1 heterocycles. The zero-order chi connectivity index (χ0) is 13.8. The molecule has 0 unspecified atom stereocenters. The maximum atomic E-state index is 12.0. The molecule has 1 aromatic carbocycles. The summed E-state index contributed by atoms with van der Waals surface area (Å²) < 4.78 is 0.